The van der Waals surface area contributed by atoms with Gasteiger partial charge in [0.2, 0.25) is 5.91 Å². The van der Waals surface area contributed by atoms with E-state index in [2.05, 4.69) is 11.9 Å². The van der Waals surface area contributed by atoms with E-state index in [-0.39, 0.29) is 5.91 Å². The van der Waals surface area contributed by atoms with Gasteiger partial charge < -0.3 is 10.2 Å². The number of amides is 1. The van der Waals surface area contributed by atoms with E-state index in [4.69, 9.17) is 0 Å². The Morgan fingerprint density at radius 2 is 2.08 bits per heavy atom. The van der Waals surface area contributed by atoms with E-state index in [1.807, 2.05) is 14.1 Å². The van der Waals surface area contributed by atoms with Gasteiger partial charge in [0.25, 0.3) is 0 Å². The van der Waals surface area contributed by atoms with Gasteiger partial charge in [0.1, 0.15) is 0 Å². The van der Waals surface area contributed by atoms with Gasteiger partial charge in [-0.25, -0.2) is 0 Å². The van der Waals surface area contributed by atoms with Gasteiger partial charge in [0.15, 0.2) is 0 Å². The first-order valence-electron chi connectivity index (χ1n) is 4.65. The normalized spacial score (nSPS) is 9.77. The summed E-state index contributed by atoms with van der Waals surface area (Å²) in [5, 5.41) is 3.07. The fraction of sp³-hybridized carbons (Fsp3) is 0.700. The Hall–Kier alpha value is -0.830. The van der Waals surface area contributed by atoms with E-state index < -0.39 is 0 Å². The predicted molar refractivity (Wildman–Crippen MR) is 55.6 cm³/mol. The zero-order valence-corrected chi connectivity index (χ0v) is 8.89. The summed E-state index contributed by atoms with van der Waals surface area (Å²) in [7, 11) is 3.75. The van der Waals surface area contributed by atoms with Crippen molar-refractivity contribution in [2.75, 3.05) is 27.2 Å². The van der Waals surface area contributed by atoms with Crippen LogP contribution in [0.3, 0.4) is 0 Å². The summed E-state index contributed by atoms with van der Waals surface area (Å²) in [5.74, 6) is 0.0458. The number of nitrogens with zero attached hydrogens (tertiary/aromatic N) is 1. The maximum Gasteiger partial charge on any atom is 0.248 e. The molecule has 0 spiro atoms. The average molecular weight is 184 g/mol. The summed E-state index contributed by atoms with van der Waals surface area (Å²) in [4.78, 5) is 13.0. The minimum atomic E-state index is 0.0458. The van der Waals surface area contributed by atoms with E-state index >= 15 is 0 Å². The highest BCUT2D eigenvalue weighted by Crippen LogP contribution is 1.98. The molecule has 0 saturated carbocycles. The Labute approximate surface area is 80.8 Å². The highest BCUT2D eigenvalue weighted by atomic mass is 16.2. The third-order valence-corrected chi connectivity index (χ3v) is 1.88. The number of hydrogen-bond donors (Lipinski definition) is 1. The summed E-state index contributed by atoms with van der Waals surface area (Å²) < 4.78 is 0. The summed E-state index contributed by atoms with van der Waals surface area (Å²) >= 11 is 0. The van der Waals surface area contributed by atoms with Crippen LogP contribution in [0.25, 0.3) is 0 Å². The van der Waals surface area contributed by atoms with Crippen LogP contribution in [0, 0.1) is 0 Å². The molecular formula is C10H20N2O. The first kappa shape index (κ1) is 12.2. The molecule has 0 atom stereocenters. The second-order valence-corrected chi connectivity index (χ2v) is 3.32. The third kappa shape index (κ3) is 5.42. The Kier molecular flexibility index (Phi) is 6.24. The van der Waals surface area contributed by atoms with Crippen molar-refractivity contribution in [3.05, 3.63) is 12.2 Å². The molecule has 0 bridgehead atoms. The second kappa shape index (κ2) is 6.66. The summed E-state index contributed by atoms with van der Waals surface area (Å²) in [6.45, 7) is 7.18. The van der Waals surface area contributed by atoms with Crippen LogP contribution in [-0.2, 0) is 4.79 Å². The smallest absolute Gasteiger partial charge is 0.248 e. The molecule has 0 aliphatic heterocycles. The minimum Gasteiger partial charge on any atom is -0.342 e. The maximum absolute atomic E-state index is 11.3. The molecule has 0 rings (SSSR count). The number of hydrogen-bond acceptors (Lipinski definition) is 2. The molecule has 0 aromatic heterocycles. The Morgan fingerprint density at radius 1 is 1.46 bits per heavy atom. The molecule has 3 nitrogen and oxygen atoms in total. The Bertz CT molecular complexity index is 178. The molecule has 0 aromatic carbocycles. The van der Waals surface area contributed by atoms with Gasteiger partial charge in [-0.3, -0.25) is 4.79 Å². The van der Waals surface area contributed by atoms with Gasteiger partial charge in [-0.05, 0) is 33.4 Å². The summed E-state index contributed by atoms with van der Waals surface area (Å²) in [6, 6.07) is 0. The molecule has 0 unspecified atom stereocenters. The number of nitrogens with one attached hydrogen (secondary N) is 1. The number of rotatable bonds is 6. The highest BCUT2D eigenvalue weighted by molar-refractivity contribution is 5.91. The van der Waals surface area contributed by atoms with Crippen LogP contribution in [-0.4, -0.2) is 38.0 Å². The standard InChI is InChI=1S/C10H20N2O/c1-9(2)10(13)12(4)8-6-5-7-11-3/h11H,1,5-8H2,2-4H3. The lowest BCUT2D eigenvalue weighted by atomic mass is 10.2. The van der Waals surface area contributed by atoms with E-state index in [0.717, 1.165) is 25.9 Å². The zero-order valence-electron chi connectivity index (χ0n) is 8.89. The van der Waals surface area contributed by atoms with Crippen molar-refractivity contribution in [1.29, 1.82) is 0 Å². The molecular weight excluding hydrogens is 164 g/mol. The van der Waals surface area contributed by atoms with Crippen LogP contribution >= 0.6 is 0 Å². The number of carbonyl (C=O) groups excluding carboxylic acids is 1. The van der Waals surface area contributed by atoms with Crippen LogP contribution < -0.4 is 5.32 Å². The molecule has 13 heavy (non-hydrogen) atoms. The fourth-order valence-corrected chi connectivity index (χ4v) is 1.08. The van der Waals surface area contributed by atoms with Crippen LogP contribution in [0.1, 0.15) is 19.8 Å². The first-order chi connectivity index (χ1) is 6.09. The Balaban J connectivity index is 3.56. The quantitative estimate of drug-likeness (QED) is 0.494. The van der Waals surface area contributed by atoms with E-state index in [1.165, 1.54) is 0 Å². The predicted octanol–water partition coefficient (Wildman–Crippen LogP) is 1.02. The number of carbonyl (C=O) groups is 1. The number of likely N-dealkylation sites (N-methyl/N-ethyl adjacent to an activating group) is 1. The van der Waals surface area contributed by atoms with Gasteiger partial charge in [-0.2, -0.15) is 0 Å². The van der Waals surface area contributed by atoms with Crippen molar-refractivity contribution in [3.63, 3.8) is 0 Å². The summed E-state index contributed by atoms with van der Waals surface area (Å²) in [5.41, 5.74) is 0.608. The maximum atomic E-state index is 11.3. The lowest BCUT2D eigenvalue weighted by Crippen LogP contribution is -2.28. The van der Waals surface area contributed by atoms with Crippen LogP contribution in [0.4, 0.5) is 0 Å². The molecule has 0 fully saturated rings. The van der Waals surface area contributed by atoms with Crippen molar-refractivity contribution >= 4 is 5.91 Å². The molecule has 0 saturated heterocycles. The lowest BCUT2D eigenvalue weighted by molar-refractivity contribution is -0.125. The van der Waals surface area contributed by atoms with Crippen LogP contribution in [0.2, 0.25) is 0 Å². The van der Waals surface area contributed by atoms with Gasteiger partial charge >= 0.3 is 0 Å². The van der Waals surface area contributed by atoms with Gasteiger partial charge in [0.05, 0.1) is 0 Å². The average Bonchev–Trinajstić information content (AvgIpc) is 2.10. The topological polar surface area (TPSA) is 32.3 Å². The largest absolute Gasteiger partial charge is 0.342 e. The van der Waals surface area contributed by atoms with Gasteiger partial charge in [-0.15, -0.1) is 0 Å². The molecule has 0 aliphatic carbocycles. The monoisotopic (exact) mass is 184 g/mol. The SMILES string of the molecule is C=C(C)C(=O)N(C)CCCCNC. The molecule has 0 radical (unpaired) electrons. The van der Waals surface area contributed by atoms with Gasteiger partial charge in [-0.1, -0.05) is 6.58 Å². The molecule has 76 valence electrons. The zero-order chi connectivity index (χ0) is 10.3. The number of unbranched alkanes of at least 4 members (excludes halogenated alkanes) is 1. The molecule has 1 amide bonds. The van der Waals surface area contributed by atoms with Crippen molar-refractivity contribution < 1.29 is 4.79 Å². The fourth-order valence-electron chi connectivity index (χ4n) is 1.08. The van der Waals surface area contributed by atoms with E-state index in [0.29, 0.717) is 5.57 Å². The molecule has 0 heterocycles. The van der Waals surface area contributed by atoms with Crippen molar-refractivity contribution in [3.8, 4) is 0 Å². The van der Waals surface area contributed by atoms with Crippen molar-refractivity contribution in [2.45, 2.75) is 19.8 Å². The lowest BCUT2D eigenvalue weighted by Gasteiger charge is -2.16. The van der Waals surface area contributed by atoms with Gasteiger partial charge in [0, 0.05) is 19.2 Å². The summed E-state index contributed by atoms with van der Waals surface area (Å²) in [6.07, 6.45) is 2.14. The molecule has 1 N–H and O–H groups in total. The molecule has 0 aromatic rings. The van der Waals surface area contributed by atoms with Crippen LogP contribution in [0.5, 0.6) is 0 Å². The van der Waals surface area contributed by atoms with E-state index in [1.54, 1.807) is 11.8 Å². The minimum absolute atomic E-state index is 0.0458. The molecule has 0 aliphatic rings. The van der Waals surface area contributed by atoms with Crippen molar-refractivity contribution in [1.82, 2.24) is 10.2 Å². The molecule has 3 heteroatoms. The van der Waals surface area contributed by atoms with Crippen LogP contribution in [0.15, 0.2) is 12.2 Å². The van der Waals surface area contributed by atoms with E-state index in [9.17, 15) is 4.79 Å². The third-order valence-electron chi connectivity index (χ3n) is 1.88. The second-order valence-electron chi connectivity index (χ2n) is 3.32. The Morgan fingerprint density at radius 3 is 2.54 bits per heavy atom. The van der Waals surface area contributed by atoms with Crippen molar-refractivity contribution in [2.24, 2.45) is 0 Å². The first-order valence-corrected chi connectivity index (χ1v) is 4.65. The highest BCUT2D eigenvalue weighted by Gasteiger charge is 2.07.